The quantitative estimate of drug-likeness (QED) is 0.922. The van der Waals surface area contributed by atoms with Crippen molar-refractivity contribution in [3.8, 4) is 11.3 Å². The molecule has 1 aliphatic carbocycles. The van der Waals surface area contributed by atoms with Gasteiger partial charge in [-0.2, -0.15) is 0 Å². The highest BCUT2D eigenvalue weighted by Gasteiger charge is 2.22. The number of nitrogens with zero attached hydrogens (tertiary/aromatic N) is 1. The summed E-state index contributed by atoms with van der Waals surface area (Å²) in [5.74, 6) is 0.798. The van der Waals surface area contributed by atoms with Crippen molar-refractivity contribution in [1.82, 2.24) is 10.3 Å². The topological polar surface area (TPSA) is 38.1 Å². The summed E-state index contributed by atoms with van der Waals surface area (Å²) in [6.45, 7) is 0.742. The second kappa shape index (κ2) is 5.03. The zero-order chi connectivity index (χ0) is 12.5. The first-order valence-electron chi connectivity index (χ1n) is 5.85. The Hall–Kier alpha value is -0.840. The third-order valence-electron chi connectivity index (χ3n) is 2.95. The SMILES string of the molecule is Clc1ccc(-c2ocnc2CNC2CC2)c(Br)c1. The van der Waals surface area contributed by atoms with E-state index in [4.69, 9.17) is 16.0 Å². The largest absolute Gasteiger partial charge is 0.443 e. The fourth-order valence-electron chi connectivity index (χ4n) is 1.82. The highest BCUT2D eigenvalue weighted by Crippen LogP contribution is 2.32. The van der Waals surface area contributed by atoms with Crippen LogP contribution in [0.15, 0.2) is 33.5 Å². The predicted molar refractivity (Wildman–Crippen MR) is 74.5 cm³/mol. The van der Waals surface area contributed by atoms with Crippen LogP contribution in [0.5, 0.6) is 0 Å². The van der Waals surface area contributed by atoms with Crippen LogP contribution >= 0.6 is 27.5 Å². The average Bonchev–Trinajstić information content (AvgIpc) is 3.06. The third kappa shape index (κ3) is 2.60. The molecule has 2 aromatic rings. The Labute approximate surface area is 119 Å². The Morgan fingerprint density at radius 3 is 3.00 bits per heavy atom. The number of nitrogens with one attached hydrogen (secondary N) is 1. The van der Waals surface area contributed by atoms with Crippen molar-refractivity contribution in [2.24, 2.45) is 0 Å². The van der Waals surface area contributed by atoms with E-state index in [0.29, 0.717) is 11.1 Å². The number of benzene rings is 1. The van der Waals surface area contributed by atoms with Gasteiger partial charge < -0.3 is 9.73 Å². The van der Waals surface area contributed by atoms with E-state index in [2.05, 4.69) is 26.2 Å². The lowest BCUT2D eigenvalue weighted by molar-refractivity contribution is 0.569. The van der Waals surface area contributed by atoms with Crippen LogP contribution in [0.3, 0.4) is 0 Å². The minimum Gasteiger partial charge on any atom is -0.443 e. The Morgan fingerprint density at radius 2 is 2.28 bits per heavy atom. The van der Waals surface area contributed by atoms with Crippen molar-refractivity contribution in [2.75, 3.05) is 0 Å². The Balaban J connectivity index is 1.88. The molecule has 1 aromatic heterocycles. The lowest BCUT2D eigenvalue weighted by Gasteiger charge is -2.05. The van der Waals surface area contributed by atoms with Crippen molar-refractivity contribution in [2.45, 2.75) is 25.4 Å². The van der Waals surface area contributed by atoms with E-state index in [0.717, 1.165) is 28.0 Å². The van der Waals surface area contributed by atoms with Crippen LogP contribution in [0.25, 0.3) is 11.3 Å². The molecule has 0 aliphatic heterocycles. The zero-order valence-electron chi connectivity index (χ0n) is 9.62. The summed E-state index contributed by atoms with van der Waals surface area (Å²) >= 11 is 9.44. The summed E-state index contributed by atoms with van der Waals surface area (Å²) in [7, 11) is 0. The molecule has 18 heavy (non-hydrogen) atoms. The molecule has 1 aromatic carbocycles. The van der Waals surface area contributed by atoms with Crippen LogP contribution in [0.2, 0.25) is 5.02 Å². The molecule has 0 saturated heterocycles. The van der Waals surface area contributed by atoms with Gasteiger partial charge >= 0.3 is 0 Å². The van der Waals surface area contributed by atoms with E-state index >= 15 is 0 Å². The smallest absolute Gasteiger partial charge is 0.181 e. The second-order valence-electron chi connectivity index (χ2n) is 4.41. The molecule has 1 N–H and O–H groups in total. The van der Waals surface area contributed by atoms with Gasteiger partial charge in [0.15, 0.2) is 12.2 Å². The number of halogens is 2. The normalized spacial score (nSPS) is 15.0. The van der Waals surface area contributed by atoms with E-state index in [1.54, 1.807) is 0 Å². The Morgan fingerprint density at radius 1 is 1.44 bits per heavy atom. The molecule has 0 unspecified atom stereocenters. The molecule has 1 heterocycles. The van der Waals surface area contributed by atoms with E-state index in [9.17, 15) is 0 Å². The van der Waals surface area contributed by atoms with Gasteiger partial charge in [-0.05, 0) is 47.0 Å². The van der Waals surface area contributed by atoms with E-state index < -0.39 is 0 Å². The van der Waals surface area contributed by atoms with Gasteiger partial charge in [-0.15, -0.1) is 0 Å². The molecule has 1 fully saturated rings. The number of hydrogen-bond acceptors (Lipinski definition) is 3. The molecule has 94 valence electrons. The molecule has 1 saturated carbocycles. The molecule has 0 atom stereocenters. The maximum absolute atomic E-state index is 5.94. The van der Waals surface area contributed by atoms with E-state index in [1.807, 2.05) is 18.2 Å². The molecule has 3 nitrogen and oxygen atoms in total. The Kier molecular flexibility index (Phi) is 3.41. The average molecular weight is 328 g/mol. The summed E-state index contributed by atoms with van der Waals surface area (Å²) in [4.78, 5) is 4.27. The van der Waals surface area contributed by atoms with Gasteiger partial charge in [0.1, 0.15) is 5.69 Å². The van der Waals surface area contributed by atoms with Gasteiger partial charge in [0, 0.05) is 27.6 Å². The summed E-state index contributed by atoms with van der Waals surface area (Å²) in [5, 5.41) is 4.13. The lowest BCUT2D eigenvalue weighted by atomic mass is 10.1. The molecule has 0 bridgehead atoms. The summed E-state index contributed by atoms with van der Waals surface area (Å²) in [5.41, 5.74) is 1.91. The van der Waals surface area contributed by atoms with Crippen molar-refractivity contribution in [3.63, 3.8) is 0 Å². The number of aromatic nitrogens is 1. The van der Waals surface area contributed by atoms with Crippen LogP contribution in [0.1, 0.15) is 18.5 Å². The summed E-state index contributed by atoms with van der Waals surface area (Å²) in [6.07, 6.45) is 4.01. The predicted octanol–water partition coefficient (Wildman–Crippen LogP) is 4.01. The highest BCUT2D eigenvalue weighted by atomic mass is 79.9. The van der Waals surface area contributed by atoms with Gasteiger partial charge in [-0.3, -0.25) is 0 Å². The molecule has 0 radical (unpaired) electrons. The van der Waals surface area contributed by atoms with Crippen LogP contribution in [0, 0.1) is 0 Å². The first-order valence-corrected chi connectivity index (χ1v) is 7.02. The van der Waals surface area contributed by atoms with Crippen LogP contribution in [0.4, 0.5) is 0 Å². The number of hydrogen-bond donors (Lipinski definition) is 1. The van der Waals surface area contributed by atoms with Gasteiger partial charge in [0.05, 0.1) is 0 Å². The van der Waals surface area contributed by atoms with Crippen molar-refractivity contribution >= 4 is 27.5 Å². The fourth-order valence-corrected chi connectivity index (χ4v) is 2.68. The maximum Gasteiger partial charge on any atom is 0.181 e. The van der Waals surface area contributed by atoms with Gasteiger partial charge in [0.2, 0.25) is 0 Å². The van der Waals surface area contributed by atoms with Crippen LogP contribution < -0.4 is 5.32 Å². The minimum absolute atomic E-state index is 0.656. The highest BCUT2D eigenvalue weighted by molar-refractivity contribution is 9.10. The molecule has 5 heteroatoms. The van der Waals surface area contributed by atoms with Crippen molar-refractivity contribution in [3.05, 3.63) is 39.8 Å². The minimum atomic E-state index is 0.656. The maximum atomic E-state index is 5.94. The summed E-state index contributed by atoms with van der Waals surface area (Å²) < 4.78 is 6.42. The monoisotopic (exact) mass is 326 g/mol. The second-order valence-corrected chi connectivity index (χ2v) is 5.70. The molecule has 0 amide bonds. The fraction of sp³-hybridized carbons (Fsp3) is 0.308. The lowest BCUT2D eigenvalue weighted by Crippen LogP contribution is -2.16. The van der Waals surface area contributed by atoms with E-state index in [1.165, 1.54) is 19.2 Å². The van der Waals surface area contributed by atoms with Gasteiger partial charge in [0.25, 0.3) is 0 Å². The number of rotatable bonds is 4. The standard InChI is InChI=1S/C13H12BrClN2O/c14-11-5-8(15)1-4-10(11)13-12(17-7-18-13)6-16-9-2-3-9/h1,4-5,7,9,16H,2-3,6H2. The van der Waals surface area contributed by atoms with Crippen LogP contribution in [-0.2, 0) is 6.54 Å². The number of oxazole rings is 1. The van der Waals surface area contributed by atoms with Crippen molar-refractivity contribution < 1.29 is 4.42 Å². The van der Waals surface area contributed by atoms with Crippen molar-refractivity contribution in [1.29, 1.82) is 0 Å². The molecular weight excluding hydrogens is 316 g/mol. The summed E-state index contributed by atoms with van der Waals surface area (Å²) in [6, 6.07) is 6.30. The Bertz CT molecular complexity index is 566. The third-order valence-corrected chi connectivity index (χ3v) is 3.84. The van der Waals surface area contributed by atoms with E-state index in [-0.39, 0.29) is 0 Å². The zero-order valence-corrected chi connectivity index (χ0v) is 12.0. The van der Waals surface area contributed by atoms with Crippen LogP contribution in [-0.4, -0.2) is 11.0 Å². The first kappa shape index (κ1) is 12.2. The van der Waals surface area contributed by atoms with Gasteiger partial charge in [-0.1, -0.05) is 11.6 Å². The molecule has 3 rings (SSSR count). The molecular formula is C13H12BrClN2O. The molecule has 0 spiro atoms. The molecule has 1 aliphatic rings. The first-order chi connectivity index (χ1) is 8.74. The van der Waals surface area contributed by atoms with Gasteiger partial charge in [-0.25, -0.2) is 4.98 Å².